The lowest BCUT2D eigenvalue weighted by Gasteiger charge is -2.46. The SMILES string of the molecule is Cn1cnnc1C1(c2cccc(NC(=O)c3cc(CNCC4CCCCC4)c4c(n3)C(C)(C)CC4)c2)CC(CC#N)C1. The van der Waals surface area contributed by atoms with Crippen molar-refractivity contribution in [1.29, 1.82) is 5.26 Å². The maximum Gasteiger partial charge on any atom is 0.274 e. The van der Waals surface area contributed by atoms with Crippen LogP contribution in [0.1, 0.15) is 110 Å². The molecule has 6 rings (SSSR count). The van der Waals surface area contributed by atoms with Crippen molar-refractivity contribution in [2.24, 2.45) is 18.9 Å². The van der Waals surface area contributed by atoms with Crippen molar-refractivity contribution in [2.75, 3.05) is 11.9 Å². The van der Waals surface area contributed by atoms with Crippen molar-refractivity contribution in [2.45, 2.75) is 95.4 Å². The molecular weight excluding hydrogens is 522 g/mol. The Balaban J connectivity index is 1.23. The lowest BCUT2D eigenvalue weighted by molar-refractivity contribution is 0.102. The molecule has 0 bridgehead atoms. The van der Waals surface area contributed by atoms with E-state index in [1.165, 1.54) is 43.2 Å². The number of anilines is 1. The highest BCUT2D eigenvalue weighted by Crippen LogP contribution is 2.53. The largest absolute Gasteiger partial charge is 0.321 e. The lowest BCUT2D eigenvalue weighted by atomic mass is 9.57. The van der Waals surface area contributed by atoms with E-state index >= 15 is 0 Å². The van der Waals surface area contributed by atoms with E-state index in [9.17, 15) is 10.1 Å². The predicted octanol–water partition coefficient (Wildman–Crippen LogP) is 5.97. The standard InChI is InChI=1S/C34H43N7O/c1-33(2)14-12-28-25(21-36-20-23-8-5-4-6-9-23)16-29(39-30(28)33)31(42)38-27-11-7-10-26(17-27)34(18-24(19-34)13-15-35)32-40-37-22-41(32)3/h7,10-11,16-17,22-24,36H,4-6,8-9,12-14,18-21H2,1-3H3,(H,38,42). The molecule has 0 unspecified atom stereocenters. The fourth-order valence-corrected chi connectivity index (χ4v) is 7.65. The number of aromatic nitrogens is 4. The van der Waals surface area contributed by atoms with E-state index in [1.54, 1.807) is 6.33 Å². The first-order valence-electron chi connectivity index (χ1n) is 15.7. The number of carbonyl (C=O) groups is 1. The van der Waals surface area contributed by atoms with E-state index < -0.39 is 0 Å². The second kappa shape index (κ2) is 11.6. The molecule has 3 aliphatic rings. The molecule has 8 heteroatoms. The summed E-state index contributed by atoms with van der Waals surface area (Å²) >= 11 is 0. The number of fused-ring (bicyclic) bond motifs is 1. The van der Waals surface area contributed by atoms with Gasteiger partial charge in [0.2, 0.25) is 0 Å². The molecule has 220 valence electrons. The average Bonchev–Trinajstić information content (AvgIpc) is 3.53. The van der Waals surface area contributed by atoms with E-state index in [2.05, 4.69) is 52.9 Å². The molecule has 0 spiro atoms. The van der Waals surface area contributed by atoms with E-state index in [0.29, 0.717) is 18.0 Å². The quantitative estimate of drug-likeness (QED) is 0.331. The highest BCUT2D eigenvalue weighted by atomic mass is 16.1. The molecule has 1 aromatic carbocycles. The number of hydrogen-bond donors (Lipinski definition) is 2. The summed E-state index contributed by atoms with van der Waals surface area (Å²) in [5, 5.41) is 24.7. The zero-order chi connectivity index (χ0) is 29.3. The summed E-state index contributed by atoms with van der Waals surface area (Å²) in [5.74, 6) is 1.80. The molecule has 2 N–H and O–H groups in total. The number of pyridine rings is 1. The van der Waals surface area contributed by atoms with Crippen molar-refractivity contribution < 1.29 is 4.79 Å². The first-order chi connectivity index (χ1) is 20.3. The van der Waals surface area contributed by atoms with Gasteiger partial charge in [-0.15, -0.1) is 10.2 Å². The highest BCUT2D eigenvalue weighted by molar-refractivity contribution is 6.03. The van der Waals surface area contributed by atoms with Gasteiger partial charge in [-0.05, 0) is 91.8 Å². The zero-order valence-corrected chi connectivity index (χ0v) is 25.2. The third kappa shape index (κ3) is 5.47. The summed E-state index contributed by atoms with van der Waals surface area (Å²) in [7, 11) is 1.96. The predicted molar refractivity (Wildman–Crippen MR) is 163 cm³/mol. The van der Waals surface area contributed by atoms with Crippen LogP contribution in [0.25, 0.3) is 0 Å². The number of nitrogens with zero attached hydrogens (tertiary/aromatic N) is 5. The number of nitrogens with one attached hydrogen (secondary N) is 2. The number of rotatable bonds is 9. The van der Waals surface area contributed by atoms with Gasteiger partial charge in [-0.3, -0.25) is 4.79 Å². The van der Waals surface area contributed by atoms with Gasteiger partial charge < -0.3 is 15.2 Å². The topological polar surface area (TPSA) is 109 Å². The fourth-order valence-electron chi connectivity index (χ4n) is 7.65. The molecule has 2 aromatic heterocycles. The summed E-state index contributed by atoms with van der Waals surface area (Å²) in [6.45, 7) is 6.29. The van der Waals surface area contributed by atoms with Gasteiger partial charge in [0, 0.05) is 31.1 Å². The Morgan fingerprint density at radius 3 is 2.69 bits per heavy atom. The summed E-state index contributed by atoms with van der Waals surface area (Å²) in [6, 6.07) is 12.4. The molecule has 0 aliphatic heterocycles. The molecule has 42 heavy (non-hydrogen) atoms. The van der Waals surface area contributed by atoms with E-state index in [4.69, 9.17) is 4.98 Å². The first kappa shape index (κ1) is 28.5. The summed E-state index contributed by atoms with van der Waals surface area (Å²) in [5.41, 5.74) is 5.53. The van der Waals surface area contributed by atoms with Crippen molar-refractivity contribution in [3.63, 3.8) is 0 Å². The number of hydrogen-bond acceptors (Lipinski definition) is 6. The monoisotopic (exact) mass is 565 g/mol. The first-order valence-corrected chi connectivity index (χ1v) is 15.7. The second-order valence-corrected chi connectivity index (χ2v) is 13.5. The minimum Gasteiger partial charge on any atom is -0.321 e. The molecule has 0 radical (unpaired) electrons. The Morgan fingerprint density at radius 1 is 1.14 bits per heavy atom. The van der Waals surface area contributed by atoms with Crippen LogP contribution in [0.5, 0.6) is 0 Å². The van der Waals surface area contributed by atoms with Crippen LogP contribution >= 0.6 is 0 Å². The van der Waals surface area contributed by atoms with Gasteiger partial charge in [0.25, 0.3) is 5.91 Å². The smallest absolute Gasteiger partial charge is 0.274 e. The molecule has 3 aromatic rings. The highest BCUT2D eigenvalue weighted by Gasteiger charge is 2.49. The summed E-state index contributed by atoms with van der Waals surface area (Å²) in [4.78, 5) is 18.7. The number of amides is 1. The molecule has 2 fully saturated rings. The second-order valence-electron chi connectivity index (χ2n) is 13.5. The van der Waals surface area contributed by atoms with Gasteiger partial charge in [-0.1, -0.05) is 45.2 Å². The van der Waals surface area contributed by atoms with Crippen molar-refractivity contribution in [3.8, 4) is 6.07 Å². The van der Waals surface area contributed by atoms with Gasteiger partial charge in [0.15, 0.2) is 0 Å². The minimum atomic E-state index is -0.319. The average molecular weight is 566 g/mol. The molecule has 3 aliphatic carbocycles. The van der Waals surface area contributed by atoms with Crippen LogP contribution < -0.4 is 10.6 Å². The number of carbonyl (C=O) groups excluding carboxylic acids is 1. The van der Waals surface area contributed by atoms with E-state index in [1.807, 2.05) is 29.8 Å². The van der Waals surface area contributed by atoms with Crippen LogP contribution in [-0.2, 0) is 30.8 Å². The summed E-state index contributed by atoms with van der Waals surface area (Å²) in [6.07, 6.45) is 12.7. The van der Waals surface area contributed by atoms with Crippen molar-refractivity contribution >= 4 is 11.6 Å². The zero-order valence-electron chi connectivity index (χ0n) is 25.2. The van der Waals surface area contributed by atoms with Gasteiger partial charge in [0.05, 0.1) is 17.2 Å². The molecule has 0 saturated heterocycles. The number of nitriles is 1. The molecule has 0 atom stereocenters. The molecule has 2 saturated carbocycles. The Bertz CT molecular complexity index is 1490. The van der Waals surface area contributed by atoms with Crippen LogP contribution in [0, 0.1) is 23.2 Å². The Hall–Kier alpha value is -3.57. The molecular formula is C34H43N7O. The Morgan fingerprint density at radius 2 is 1.95 bits per heavy atom. The van der Waals surface area contributed by atoms with Gasteiger partial charge >= 0.3 is 0 Å². The van der Waals surface area contributed by atoms with Crippen molar-refractivity contribution in [3.05, 3.63) is 70.6 Å². The van der Waals surface area contributed by atoms with Crippen LogP contribution in [0.3, 0.4) is 0 Å². The number of aryl methyl sites for hydroxylation is 1. The van der Waals surface area contributed by atoms with Crippen LogP contribution in [0.15, 0.2) is 36.7 Å². The Labute approximate surface area is 249 Å². The van der Waals surface area contributed by atoms with Gasteiger partial charge in [-0.2, -0.15) is 5.26 Å². The third-order valence-corrected chi connectivity index (χ3v) is 10.0. The minimum absolute atomic E-state index is 0.0453. The maximum absolute atomic E-state index is 13.7. The van der Waals surface area contributed by atoms with E-state index in [-0.39, 0.29) is 16.7 Å². The van der Waals surface area contributed by atoms with Crippen LogP contribution in [0.4, 0.5) is 5.69 Å². The van der Waals surface area contributed by atoms with Crippen LogP contribution in [0.2, 0.25) is 0 Å². The Kier molecular flexibility index (Phi) is 7.89. The molecule has 1 amide bonds. The fraction of sp³-hybridized carbons (Fsp3) is 0.559. The molecule has 8 nitrogen and oxygen atoms in total. The van der Waals surface area contributed by atoms with Gasteiger partial charge in [-0.25, -0.2) is 4.98 Å². The lowest BCUT2D eigenvalue weighted by Crippen LogP contribution is -2.44. The van der Waals surface area contributed by atoms with Crippen molar-refractivity contribution in [1.82, 2.24) is 25.1 Å². The third-order valence-electron chi connectivity index (χ3n) is 10.0. The van der Waals surface area contributed by atoms with Crippen LogP contribution in [-0.4, -0.2) is 32.2 Å². The number of benzene rings is 1. The molecule has 2 heterocycles. The summed E-state index contributed by atoms with van der Waals surface area (Å²) < 4.78 is 1.97. The van der Waals surface area contributed by atoms with Gasteiger partial charge in [0.1, 0.15) is 17.8 Å². The normalized spacial score (nSPS) is 23.1. The van der Waals surface area contributed by atoms with E-state index in [0.717, 1.165) is 67.5 Å². The maximum atomic E-state index is 13.7.